The van der Waals surface area contributed by atoms with Gasteiger partial charge in [0.25, 0.3) is 0 Å². The molecular weight excluding hydrogens is 523 g/mol. The summed E-state index contributed by atoms with van der Waals surface area (Å²) in [7, 11) is -0.412. The van der Waals surface area contributed by atoms with Crippen LogP contribution in [-0.2, 0) is 14.1 Å². The van der Waals surface area contributed by atoms with Crippen LogP contribution in [0.3, 0.4) is 0 Å². The Kier molecular flexibility index (Phi) is 9.19. The van der Waals surface area contributed by atoms with Crippen molar-refractivity contribution in [3.8, 4) is 0 Å². The molecular formula is C32H37N2O5P. The minimum absolute atomic E-state index is 0.0657. The molecule has 0 N–H and O–H groups in total. The second kappa shape index (κ2) is 12.4. The van der Waals surface area contributed by atoms with Crippen molar-refractivity contribution in [2.45, 2.75) is 33.2 Å². The molecule has 8 heteroatoms. The zero-order chi connectivity index (χ0) is 29.0. The van der Waals surface area contributed by atoms with Crippen molar-refractivity contribution in [2.24, 2.45) is 0 Å². The number of benzene rings is 3. The van der Waals surface area contributed by atoms with Crippen molar-refractivity contribution in [3.63, 3.8) is 0 Å². The van der Waals surface area contributed by atoms with Crippen molar-refractivity contribution < 1.29 is 23.7 Å². The number of aryl methyl sites for hydroxylation is 2. The first-order chi connectivity index (χ1) is 19.1. The molecule has 40 heavy (non-hydrogen) atoms. The van der Waals surface area contributed by atoms with E-state index in [1.165, 1.54) is 7.11 Å². The average molecular weight is 561 g/mol. The highest BCUT2D eigenvalue weighted by Gasteiger charge is 2.39. The van der Waals surface area contributed by atoms with E-state index in [1.807, 2.05) is 37.9 Å². The third-order valence-corrected chi connectivity index (χ3v) is 10.7. The summed E-state index contributed by atoms with van der Waals surface area (Å²) in [4.78, 5) is 45.2. The number of carbonyl (C=O) groups excluding carboxylic acids is 3. The van der Waals surface area contributed by atoms with E-state index in [9.17, 15) is 18.9 Å². The minimum Gasteiger partial charge on any atom is -0.468 e. The van der Waals surface area contributed by atoms with Gasteiger partial charge in [-0.05, 0) is 44.5 Å². The van der Waals surface area contributed by atoms with Gasteiger partial charge >= 0.3 is 5.97 Å². The van der Waals surface area contributed by atoms with Crippen LogP contribution in [0.1, 0.15) is 43.8 Å². The minimum atomic E-state index is -3.77. The second-order valence-electron chi connectivity index (χ2n) is 10.5. The molecule has 210 valence electrons. The summed E-state index contributed by atoms with van der Waals surface area (Å²) in [5, 5.41) is 0.888. The van der Waals surface area contributed by atoms with E-state index < -0.39 is 24.7 Å². The van der Waals surface area contributed by atoms with Crippen LogP contribution in [0.4, 0.5) is 0 Å². The topological polar surface area (TPSA) is 84.0 Å². The Morgan fingerprint density at radius 1 is 0.825 bits per heavy atom. The third-order valence-electron chi connectivity index (χ3n) is 7.82. The van der Waals surface area contributed by atoms with Crippen LogP contribution in [-0.4, -0.2) is 73.5 Å². The van der Waals surface area contributed by atoms with E-state index in [-0.39, 0.29) is 12.2 Å². The van der Waals surface area contributed by atoms with E-state index in [0.29, 0.717) is 51.5 Å². The third kappa shape index (κ3) is 5.73. The molecule has 1 fully saturated rings. The summed E-state index contributed by atoms with van der Waals surface area (Å²) in [6, 6.07) is 18.7. The van der Waals surface area contributed by atoms with Gasteiger partial charge in [0.15, 0.2) is 5.78 Å². The van der Waals surface area contributed by atoms with Crippen LogP contribution in [0.25, 0.3) is 0 Å². The molecule has 0 aliphatic carbocycles. The Morgan fingerprint density at radius 2 is 1.32 bits per heavy atom. The molecule has 0 aromatic heterocycles. The number of piperazine rings is 1. The Balaban J connectivity index is 1.78. The lowest BCUT2D eigenvalue weighted by molar-refractivity contribution is -0.147. The highest BCUT2D eigenvalue weighted by molar-refractivity contribution is 7.93. The van der Waals surface area contributed by atoms with Gasteiger partial charge in [-0.3, -0.25) is 19.3 Å². The number of nitrogens with zero attached hydrogens (tertiary/aromatic N) is 2. The SMILES string of the molecule is COC(=O)C(CC(=O)c1c(C)cc(C)c(C(=O)P(=O)(c2ccccc2)c2ccccc2)c1C)N1CCN(C)CC1. The number of Topliss-reactive ketones (excluding diaryl/α,β-unsaturated/α-hetero) is 1. The maximum Gasteiger partial charge on any atom is 0.323 e. The van der Waals surface area contributed by atoms with Crippen LogP contribution < -0.4 is 10.6 Å². The number of ketones is 1. The fourth-order valence-electron chi connectivity index (χ4n) is 5.67. The fraction of sp³-hybridized carbons (Fsp3) is 0.344. The first kappa shape index (κ1) is 29.6. The predicted octanol–water partition coefficient (Wildman–Crippen LogP) is 4.13. The first-order valence-electron chi connectivity index (χ1n) is 13.5. The Morgan fingerprint density at radius 3 is 1.82 bits per heavy atom. The molecule has 7 nitrogen and oxygen atoms in total. The molecule has 3 aromatic rings. The van der Waals surface area contributed by atoms with Gasteiger partial charge in [0.1, 0.15) is 6.04 Å². The summed E-state index contributed by atoms with van der Waals surface area (Å²) in [6.07, 6.45) is -0.0657. The number of ether oxygens (including phenoxy) is 1. The van der Waals surface area contributed by atoms with Crippen LogP contribution in [0.2, 0.25) is 0 Å². The maximum atomic E-state index is 14.8. The van der Waals surface area contributed by atoms with E-state index in [1.54, 1.807) is 61.5 Å². The van der Waals surface area contributed by atoms with Crippen LogP contribution in [0.15, 0.2) is 66.7 Å². The molecule has 0 bridgehead atoms. The number of rotatable bonds is 9. The Hall–Kier alpha value is -3.38. The summed E-state index contributed by atoms with van der Waals surface area (Å²) in [5.74, 6) is -0.693. The van der Waals surface area contributed by atoms with E-state index >= 15 is 0 Å². The van der Waals surface area contributed by atoms with E-state index in [0.717, 1.165) is 13.1 Å². The maximum absolute atomic E-state index is 14.8. The number of hydrogen-bond donors (Lipinski definition) is 0. The fourth-order valence-corrected chi connectivity index (χ4v) is 8.28. The highest BCUT2D eigenvalue weighted by atomic mass is 31.2. The van der Waals surface area contributed by atoms with E-state index in [4.69, 9.17) is 4.74 Å². The standard InChI is InChI=1S/C32H37N2O5P/c1-22-20-23(2)30(32(37)40(38,25-12-8-6-9-13-25)26-14-10-7-11-15-26)24(3)29(22)28(35)21-27(31(36)39-5)34-18-16-33(4)17-19-34/h6-15,20,27H,16-19,21H2,1-5H3. The predicted molar refractivity (Wildman–Crippen MR) is 159 cm³/mol. The molecule has 0 radical (unpaired) electrons. The van der Waals surface area contributed by atoms with Gasteiger partial charge in [-0.2, -0.15) is 0 Å². The normalized spacial score (nSPS) is 15.4. The van der Waals surface area contributed by atoms with Crippen molar-refractivity contribution in [3.05, 3.63) is 94.5 Å². The lowest BCUT2D eigenvalue weighted by atomic mass is 9.89. The van der Waals surface area contributed by atoms with Gasteiger partial charge < -0.3 is 14.2 Å². The van der Waals surface area contributed by atoms with Crippen LogP contribution in [0, 0.1) is 20.8 Å². The number of carbonyl (C=O) groups is 3. The van der Waals surface area contributed by atoms with Crippen molar-refractivity contribution in [1.82, 2.24) is 9.80 Å². The molecule has 0 saturated carbocycles. The van der Waals surface area contributed by atoms with Crippen LogP contribution >= 0.6 is 7.14 Å². The highest BCUT2D eigenvalue weighted by Crippen LogP contribution is 2.48. The van der Waals surface area contributed by atoms with Gasteiger partial charge in [-0.15, -0.1) is 0 Å². The smallest absolute Gasteiger partial charge is 0.323 e. The zero-order valence-corrected chi connectivity index (χ0v) is 24.7. The number of hydrogen-bond acceptors (Lipinski definition) is 7. The summed E-state index contributed by atoms with van der Waals surface area (Å²) in [6.45, 7) is 8.26. The molecule has 3 aromatic carbocycles. The van der Waals surface area contributed by atoms with Crippen molar-refractivity contribution in [1.29, 1.82) is 0 Å². The molecule has 1 heterocycles. The first-order valence-corrected chi connectivity index (χ1v) is 15.2. The number of esters is 1. The van der Waals surface area contributed by atoms with Crippen molar-refractivity contribution in [2.75, 3.05) is 40.3 Å². The van der Waals surface area contributed by atoms with Gasteiger partial charge in [0.05, 0.1) is 7.11 Å². The van der Waals surface area contributed by atoms with Crippen LogP contribution in [0.5, 0.6) is 0 Å². The van der Waals surface area contributed by atoms with Crippen molar-refractivity contribution >= 4 is 35.0 Å². The van der Waals surface area contributed by atoms with Gasteiger partial charge in [-0.25, -0.2) is 0 Å². The lowest BCUT2D eigenvalue weighted by Gasteiger charge is -2.36. The molecule has 1 aliphatic heterocycles. The Bertz CT molecular complexity index is 1400. The molecule has 4 rings (SSSR count). The quantitative estimate of drug-likeness (QED) is 0.221. The molecule has 0 spiro atoms. The molecule has 1 unspecified atom stereocenters. The number of methoxy groups -OCH3 is 1. The summed E-state index contributed by atoms with van der Waals surface area (Å²) in [5.41, 5.74) is 2.04. The monoisotopic (exact) mass is 560 g/mol. The molecule has 1 atom stereocenters. The van der Waals surface area contributed by atoms with E-state index in [2.05, 4.69) is 4.90 Å². The lowest BCUT2D eigenvalue weighted by Crippen LogP contribution is -2.52. The summed E-state index contributed by atoms with van der Waals surface area (Å²) >= 11 is 0. The molecule has 1 saturated heterocycles. The largest absolute Gasteiger partial charge is 0.468 e. The molecule has 0 amide bonds. The zero-order valence-electron chi connectivity index (χ0n) is 23.8. The molecule has 1 aliphatic rings. The summed E-state index contributed by atoms with van der Waals surface area (Å²) < 4.78 is 19.9. The average Bonchev–Trinajstić information content (AvgIpc) is 2.96. The van der Waals surface area contributed by atoms with Gasteiger partial charge in [0, 0.05) is 54.3 Å². The Labute approximate surface area is 236 Å². The number of likely N-dealkylation sites (N-methyl/N-ethyl adjacent to an activating group) is 1. The van der Waals surface area contributed by atoms with Gasteiger partial charge in [-0.1, -0.05) is 66.7 Å². The van der Waals surface area contributed by atoms with Gasteiger partial charge in [0.2, 0.25) is 12.7 Å². The second-order valence-corrected chi connectivity index (χ2v) is 13.1.